The van der Waals surface area contributed by atoms with E-state index in [1.54, 1.807) is 23.1 Å². The van der Waals surface area contributed by atoms with E-state index in [0.29, 0.717) is 30.1 Å². The minimum absolute atomic E-state index is 0.0281. The standard InChI is InChI=1S/C24H30FN3O3/c1-15(2)12-21-23(29)26-20(16-6-4-3-5-7-16)14-28(21)24(30)22-13-19(27-31-22)17-8-10-18(25)11-9-17/h8-11,13,15-16,20-21H,3-7,12,14H2,1-2H3,(H,26,29)/t20-,21+/m1/s1. The van der Waals surface area contributed by atoms with E-state index in [2.05, 4.69) is 10.5 Å². The fourth-order valence-electron chi connectivity index (χ4n) is 4.79. The summed E-state index contributed by atoms with van der Waals surface area (Å²) in [6.45, 7) is 4.58. The Labute approximate surface area is 182 Å². The van der Waals surface area contributed by atoms with Crippen LogP contribution < -0.4 is 5.32 Å². The number of aromatic nitrogens is 1. The van der Waals surface area contributed by atoms with Gasteiger partial charge in [-0.15, -0.1) is 0 Å². The quantitative estimate of drug-likeness (QED) is 0.767. The molecule has 2 fully saturated rings. The van der Waals surface area contributed by atoms with Crippen LogP contribution in [0.1, 0.15) is 62.9 Å². The summed E-state index contributed by atoms with van der Waals surface area (Å²) in [7, 11) is 0. The highest BCUT2D eigenvalue weighted by atomic mass is 19.1. The second-order valence-electron chi connectivity index (χ2n) is 9.20. The molecular weight excluding hydrogens is 397 g/mol. The average molecular weight is 428 g/mol. The molecule has 2 aliphatic rings. The third-order valence-electron chi connectivity index (χ3n) is 6.44. The monoisotopic (exact) mass is 427 g/mol. The number of amides is 2. The Morgan fingerprint density at radius 1 is 1.23 bits per heavy atom. The highest BCUT2D eigenvalue weighted by Crippen LogP contribution is 2.30. The minimum Gasteiger partial charge on any atom is -0.350 e. The van der Waals surface area contributed by atoms with Crippen molar-refractivity contribution in [1.29, 1.82) is 0 Å². The van der Waals surface area contributed by atoms with Crippen molar-refractivity contribution in [2.75, 3.05) is 6.54 Å². The molecule has 2 aromatic rings. The summed E-state index contributed by atoms with van der Waals surface area (Å²) in [5.41, 5.74) is 1.13. The SMILES string of the molecule is CC(C)C[C@H]1C(=O)N[C@@H](C2CCCCC2)CN1C(=O)c1cc(-c2ccc(F)cc2)no1. The van der Waals surface area contributed by atoms with Crippen molar-refractivity contribution in [2.24, 2.45) is 11.8 Å². The van der Waals surface area contributed by atoms with E-state index in [9.17, 15) is 14.0 Å². The first-order valence-electron chi connectivity index (χ1n) is 11.3. The second-order valence-corrected chi connectivity index (χ2v) is 9.20. The van der Waals surface area contributed by atoms with Crippen LogP contribution in [0.3, 0.4) is 0 Å². The highest BCUT2D eigenvalue weighted by Gasteiger charge is 2.41. The molecule has 1 saturated heterocycles. The Bertz CT molecular complexity index is 918. The van der Waals surface area contributed by atoms with Gasteiger partial charge in [-0.25, -0.2) is 4.39 Å². The second kappa shape index (κ2) is 9.20. The third kappa shape index (κ3) is 4.81. The molecule has 2 amide bonds. The van der Waals surface area contributed by atoms with Crippen LogP contribution >= 0.6 is 0 Å². The molecule has 166 valence electrons. The van der Waals surface area contributed by atoms with Crippen LogP contribution in [-0.4, -0.2) is 40.5 Å². The molecule has 1 aromatic carbocycles. The number of benzene rings is 1. The maximum atomic E-state index is 13.4. The van der Waals surface area contributed by atoms with Crippen molar-refractivity contribution in [3.05, 3.63) is 41.9 Å². The molecule has 6 nitrogen and oxygen atoms in total. The molecule has 1 saturated carbocycles. The Hall–Kier alpha value is -2.70. The Kier molecular flexibility index (Phi) is 6.39. The highest BCUT2D eigenvalue weighted by molar-refractivity contribution is 5.97. The zero-order chi connectivity index (χ0) is 22.0. The van der Waals surface area contributed by atoms with Crippen molar-refractivity contribution < 1.29 is 18.5 Å². The lowest BCUT2D eigenvalue weighted by molar-refractivity contribution is -0.131. The lowest BCUT2D eigenvalue weighted by atomic mass is 9.82. The van der Waals surface area contributed by atoms with Gasteiger partial charge in [0.1, 0.15) is 17.6 Å². The van der Waals surface area contributed by atoms with Gasteiger partial charge in [-0.1, -0.05) is 38.3 Å². The maximum absolute atomic E-state index is 13.4. The number of hydrogen-bond donors (Lipinski definition) is 1. The number of carbonyl (C=O) groups is 2. The van der Waals surface area contributed by atoms with E-state index in [1.807, 2.05) is 13.8 Å². The fourth-order valence-corrected chi connectivity index (χ4v) is 4.79. The summed E-state index contributed by atoms with van der Waals surface area (Å²) in [5.74, 6) is 0.0296. The molecule has 2 atom stereocenters. The lowest BCUT2D eigenvalue weighted by Gasteiger charge is -2.43. The number of halogens is 1. The molecule has 31 heavy (non-hydrogen) atoms. The molecule has 1 aromatic heterocycles. The zero-order valence-electron chi connectivity index (χ0n) is 18.1. The van der Waals surface area contributed by atoms with Gasteiger partial charge >= 0.3 is 0 Å². The van der Waals surface area contributed by atoms with Crippen LogP contribution in [0.5, 0.6) is 0 Å². The smallest absolute Gasteiger partial charge is 0.293 e. The molecule has 7 heteroatoms. The normalized spacial score (nSPS) is 22.6. The number of hydrogen-bond acceptors (Lipinski definition) is 4. The van der Waals surface area contributed by atoms with Crippen molar-refractivity contribution in [3.63, 3.8) is 0 Å². The zero-order valence-corrected chi connectivity index (χ0v) is 18.1. The van der Waals surface area contributed by atoms with Crippen molar-refractivity contribution in [2.45, 2.75) is 64.5 Å². The molecule has 1 aliphatic heterocycles. The first kappa shape index (κ1) is 21.5. The van der Waals surface area contributed by atoms with Crippen molar-refractivity contribution in [1.82, 2.24) is 15.4 Å². The molecule has 1 N–H and O–H groups in total. The summed E-state index contributed by atoms with van der Waals surface area (Å²) in [6, 6.07) is 6.89. The van der Waals surface area contributed by atoms with Gasteiger partial charge in [0.05, 0.1) is 0 Å². The predicted molar refractivity (Wildman–Crippen MR) is 115 cm³/mol. The molecule has 2 heterocycles. The summed E-state index contributed by atoms with van der Waals surface area (Å²) >= 11 is 0. The van der Waals surface area contributed by atoms with Gasteiger partial charge in [0.15, 0.2) is 0 Å². The number of piperazine rings is 1. The molecular formula is C24H30FN3O3. The van der Waals surface area contributed by atoms with Crippen LogP contribution in [0.4, 0.5) is 4.39 Å². The topological polar surface area (TPSA) is 75.4 Å². The van der Waals surface area contributed by atoms with Crippen LogP contribution in [0.2, 0.25) is 0 Å². The van der Waals surface area contributed by atoms with Crippen molar-refractivity contribution in [3.8, 4) is 11.3 Å². The van der Waals surface area contributed by atoms with Crippen LogP contribution in [-0.2, 0) is 4.79 Å². The van der Waals surface area contributed by atoms with Crippen molar-refractivity contribution >= 4 is 11.8 Å². The van der Waals surface area contributed by atoms with Gasteiger partial charge in [-0.05, 0) is 55.4 Å². The lowest BCUT2D eigenvalue weighted by Crippen LogP contribution is -2.63. The molecule has 0 spiro atoms. The first-order valence-corrected chi connectivity index (χ1v) is 11.3. The molecule has 0 bridgehead atoms. The molecule has 4 rings (SSSR count). The predicted octanol–water partition coefficient (Wildman–Crippen LogP) is 4.42. The van der Waals surface area contributed by atoms with Gasteiger partial charge < -0.3 is 14.7 Å². The Morgan fingerprint density at radius 2 is 1.94 bits per heavy atom. The van der Waals surface area contributed by atoms with E-state index < -0.39 is 6.04 Å². The number of carbonyl (C=O) groups excluding carboxylic acids is 2. The number of nitrogens with zero attached hydrogens (tertiary/aromatic N) is 2. The molecule has 0 unspecified atom stereocenters. The van der Waals surface area contributed by atoms with E-state index >= 15 is 0 Å². The van der Waals surface area contributed by atoms with Gasteiger partial charge in [0.2, 0.25) is 11.7 Å². The summed E-state index contributed by atoms with van der Waals surface area (Å²) in [5, 5.41) is 7.20. The van der Waals surface area contributed by atoms with Gasteiger partial charge in [-0.3, -0.25) is 9.59 Å². The van der Waals surface area contributed by atoms with Gasteiger partial charge in [-0.2, -0.15) is 0 Å². The summed E-state index contributed by atoms with van der Waals surface area (Å²) < 4.78 is 18.6. The van der Waals surface area contributed by atoms with E-state index in [0.717, 1.165) is 12.8 Å². The van der Waals surface area contributed by atoms with Gasteiger partial charge in [0.25, 0.3) is 5.91 Å². The Morgan fingerprint density at radius 3 is 2.61 bits per heavy atom. The Balaban J connectivity index is 1.57. The minimum atomic E-state index is -0.522. The average Bonchev–Trinajstić information content (AvgIpc) is 3.25. The van der Waals surface area contributed by atoms with Crippen LogP contribution in [0.15, 0.2) is 34.9 Å². The molecule has 0 radical (unpaired) electrons. The van der Waals surface area contributed by atoms with E-state index in [4.69, 9.17) is 4.52 Å². The largest absolute Gasteiger partial charge is 0.350 e. The summed E-state index contributed by atoms with van der Waals surface area (Å²) in [6.07, 6.45) is 6.33. The third-order valence-corrected chi connectivity index (χ3v) is 6.44. The van der Waals surface area contributed by atoms with E-state index in [-0.39, 0.29) is 35.4 Å². The van der Waals surface area contributed by atoms with Gasteiger partial charge in [0, 0.05) is 24.2 Å². The number of rotatable bonds is 5. The van der Waals surface area contributed by atoms with Crippen LogP contribution in [0, 0.1) is 17.7 Å². The van der Waals surface area contributed by atoms with Crippen LogP contribution in [0.25, 0.3) is 11.3 Å². The number of nitrogens with one attached hydrogen (secondary N) is 1. The van der Waals surface area contributed by atoms with E-state index in [1.165, 1.54) is 31.4 Å². The first-order chi connectivity index (χ1) is 14.9. The fraction of sp³-hybridized carbons (Fsp3) is 0.542. The maximum Gasteiger partial charge on any atom is 0.293 e. The summed E-state index contributed by atoms with van der Waals surface area (Å²) in [4.78, 5) is 28.1. The molecule has 1 aliphatic carbocycles.